The summed E-state index contributed by atoms with van der Waals surface area (Å²) in [6, 6.07) is 12.4. The first-order valence-corrected chi connectivity index (χ1v) is 5.82. The van der Waals surface area contributed by atoms with Gasteiger partial charge < -0.3 is 15.8 Å². The van der Waals surface area contributed by atoms with Crippen molar-refractivity contribution in [1.82, 2.24) is 10.3 Å². The highest BCUT2D eigenvalue weighted by atomic mass is 16.5. The van der Waals surface area contributed by atoms with Gasteiger partial charge in [0.2, 0.25) is 0 Å². The highest BCUT2D eigenvalue weighted by Gasteiger charge is 2.06. The summed E-state index contributed by atoms with van der Waals surface area (Å²) >= 11 is 0. The van der Waals surface area contributed by atoms with Crippen LogP contribution in [0.4, 0.5) is 5.82 Å². The molecule has 3 N–H and O–H groups in total. The normalized spacial score (nSPS) is 9.95. The Kier molecular flexibility index (Phi) is 3.97. The number of amides is 1. The van der Waals surface area contributed by atoms with E-state index in [1.807, 2.05) is 24.3 Å². The first kappa shape index (κ1) is 12.9. The number of carbonyl (C=O) groups excluding carboxylic acids is 1. The summed E-state index contributed by atoms with van der Waals surface area (Å²) in [5, 5.41) is 2.78. The lowest BCUT2D eigenvalue weighted by molar-refractivity contribution is 0.0946. The zero-order chi connectivity index (χ0) is 13.7. The molecule has 2 aromatic rings. The Morgan fingerprint density at radius 3 is 2.63 bits per heavy atom. The number of anilines is 1. The maximum Gasteiger partial charge on any atom is 0.270 e. The van der Waals surface area contributed by atoms with Gasteiger partial charge in [0, 0.05) is 6.54 Å². The molecule has 0 bridgehead atoms. The lowest BCUT2D eigenvalue weighted by Crippen LogP contribution is -2.23. The van der Waals surface area contributed by atoms with Crippen molar-refractivity contribution in [3.8, 4) is 5.75 Å². The number of nitrogens with zero attached hydrogens (tertiary/aromatic N) is 1. The summed E-state index contributed by atoms with van der Waals surface area (Å²) in [5.74, 6) is 0.868. The molecule has 1 aromatic carbocycles. The smallest absolute Gasteiger partial charge is 0.270 e. The van der Waals surface area contributed by atoms with Crippen LogP contribution in [-0.2, 0) is 6.54 Å². The number of hydrogen-bond donors (Lipinski definition) is 2. The van der Waals surface area contributed by atoms with Gasteiger partial charge in [0.05, 0.1) is 7.11 Å². The van der Waals surface area contributed by atoms with Gasteiger partial charge in [0.1, 0.15) is 17.3 Å². The highest BCUT2D eigenvalue weighted by Crippen LogP contribution is 2.11. The number of nitrogen functional groups attached to an aromatic ring is 1. The van der Waals surface area contributed by atoms with Gasteiger partial charge in [-0.25, -0.2) is 4.98 Å². The summed E-state index contributed by atoms with van der Waals surface area (Å²) in [6.45, 7) is 0.430. The molecular weight excluding hydrogens is 242 g/mol. The maximum atomic E-state index is 11.8. The second kappa shape index (κ2) is 5.86. The number of carbonyl (C=O) groups is 1. The molecule has 5 heteroatoms. The van der Waals surface area contributed by atoms with Crippen molar-refractivity contribution >= 4 is 11.7 Å². The van der Waals surface area contributed by atoms with E-state index >= 15 is 0 Å². The van der Waals surface area contributed by atoms with Crippen LogP contribution in [0.15, 0.2) is 42.5 Å². The van der Waals surface area contributed by atoms with E-state index in [9.17, 15) is 4.79 Å². The minimum Gasteiger partial charge on any atom is -0.497 e. The number of pyridine rings is 1. The molecule has 0 saturated heterocycles. The van der Waals surface area contributed by atoms with Crippen LogP contribution < -0.4 is 15.8 Å². The third-order valence-corrected chi connectivity index (χ3v) is 2.62. The Bertz CT molecular complexity index is 567. The van der Waals surface area contributed by atoms with Gasteiger partial charge in [-0.3, -0.25) is 4.79 Å². The number of benzene rings is 1. The highest BCUT2D eigenvalue weighted by molar-refractivity contribution is 5.92. The van der Waals surface area contributed by atoms with E-state index in [-0.39, 0.29) is 5.91 Å². The largest absolute Gasteiger partial charge is 0.497 e. The van der Waals surface area contributed by atoms with Crippen LogP contribution in [0.25, 0.3) is 0 Å². The Morgan fingerprint density at radius 1 is 1.26 bits per heavy atom. The molecule has 0 aliphatic carbocycles. The summed E-state index contributed by atoms with van der Waals surface area (Å²) < 4.78 is 5.07. The Labute approximate surface area is 111 Å². The fourth-order valence-corrected chi connectivity index (χ4v) is 1.59. The predicted molar refractivity (Wildman–Crippen MR) is 72.8 cm³/mol. The van der Waals surface area contributed by atoms with E-state index in [0.29, 0.717) is 18.1 Å². The summed E-state index contributed by atoms with van der Waals surface area (Å²) in [4.78, 5) is 15.8. The van der Waals surface area contributed by atoms with E-state index in [0.717, 1.165) is 11.3 Å². The van der Waals surface area contributed by atoms with Crippen LogP contribution in [0.1, 0.15) is 16.1 Å². The first-order valence-electron chi connectivity index (χ1n) is 5.82. The van der Waals surface area contributed by atoms with Gasteiger partial charge in [-0.15, -0.1) is 0 Å². The van der Waals surface area contributed by atoms with E-state index in [1.54, 1.807) is 25.3 Å². The molecule has 0 saturated carbocycles. The topological polar surface area (TPSA) is 77.2 Å². The predicted octanol–water partition coefficient (Wildman–Crippen LogP) is 1.60. The molecule has 0 spiro atoms. The Hall–Kier alpha value is -2.56. The number of nitrogens with one attached hydrogen (secondary N) is 1. The second-order valence-corrected chi connectivity index (χ2v) is 3.98. The molecule has 0 aliphatic rings. The lowest BCUT2D eigenvalue weighted by Gasteiger charge is -2.06. The zero-order valence-corrected chi connectivity index (χ0v) is 10.6. The Morgan fingerprint density at radius 2 is 2.00 bits per heavy atom. The fraction of sp³-hybridized carbons (Fsp3) is 0.143. The molecule has 1 heterocycles. The molecule has 1 amide bonds. The SMILES string of the molecule is COc1ccc(CNC(=O)c2cccc(N)n2)cc1. The van der Waals surface area contributed by atoms with E-state index in [2.05, 4.69) is 10.3 Å². The lowest BCUT2D eigenvalue weighted by atomic mass is 10.2. The second-order valence-electron chi connectivity index (χ2n) is 3.98. The third kappa shape index (κ3) is 3.45. The molecule has 2 rings (SSSR count). The summed E-state index contributed by atoms with van der Waals surface area (Å²) in [6.07, 6.45) is 0. The van der Waals surface area contributed by atoms with Crippen LogP contribution in [-0.4, -0.2) is 18.0 Å². The van der Waals surface area contributed by atoms with Crippen molar-refractivity contribution in [2.24, 2.45) is 0 Å². The average Bonchev–Trinajstić information content (AvgIpc) is 2.45. The van der Waals surface area contributed by atoms with Gasteiger partial charge >= 0.3 is 0 Å². The standard InChI is InChI=1S/C14H15N3O2/c1-19-11-7-5-10(6-8-11)9-16-14(18)12-3-2-4-13(15)17-12/h2-8H,9H2,1H3,(H2,15,17)(H,16,18). The minimum atomic E-state index is -0.247. The van der Waals surface area contributed by atoms with Gasteiger partial charge in [0.25, 0.3) is 5.91 Å². The minimum absolute atomic E-state index is 0.247. The number of aromatic nitrogens is 1. The van der Waals surface area contributed by atoms with Gasteiger partial charge in [-0.2, -0.15) is 0 Å². The number of nitrogens with two attached hydrogens (primary N) is 1. The van der Waals surface area contributed by atoms with E-state index < -0.39 is 0 Å². The van der Waals surface area contributed by atoms with Gasteiger partial charge in [-0.05, 0) is 29.8 Å². The zero-order valence-electron chi connectivity index (χ0n) is 10.6. The number of ether oxygens (including phenoxy) is 1. The molecule has 19 heavy (non-hydrogen) atoms. The number of methoxy groups -OCH3 is 1. The average molecular weight is 257 g/mol. The van der Waals surface area contributed by atoms with Crippen LogP contribution in [0.5, 0.6) is 5.75 Å². The van der Waals surface area contributed by atoms with E-state index in [4.69, 9.17) is 10.5 Å². The quantitative estimate of drug-likeness (QED) is 0.872. The van der Waals surface area contributed by atoms with Crippen LogP contribution >= 0.6 is 0 Å². The number of hydrogen-bond acceptors (Lipinski definition) is 4. The monoisotopic (exact) mass is 257 g/mol. The van der Waals surface area contributed by atoms with Crippen molar-refractivity contribution < 1.29 is 9.53 Å². The molecule has 5 nitrogen and oxygen atoms in total. The van der Waals surface area contributed by atoms with Gasteiger partial charge in [0.15, 0.2) is 0 Å². The number of rotatable bonds is 4. The van der Waals surface area contributed by atoms with Crippen molar-refractivity contribution in [2.45, 2.75) is 6.54 Å². The molecular formula is C14H15N3O2. The fourth-order valence-electron chi connectivity index (χ4n) is 1.59. The molecule has 1 aromatic heterocycles. The molecule has 0 unspecified atom stereocenters. The van der Waals surface area contributed by atoms with Crippen molar-refractivity contribution in [3.05, 3.63) is 53.7 Å². The molecule has 0 atom stereocenters. The van der Waals surface area contributed by atoms with Crippen molar-refractivity contribution in [1.29, 1.82) is 0 Å². The van der Waals surface area contributed by atoms with E-state index in [1.165, 1.54) is 0 Å². The molecule has 0 radical (unpaired) electrons. The van der Waals surface area contributed by atoms with Crippen molar-refractivity contribution in [2.75, 3.05) is 12.8 Å². The van der Waals surface area contributed by atoms with Crippen LogP contribution in [0.3, 0.4) is 0 Å². The van der Waals surface area contributed by atoms with Crippen molar-refractivity contribution in [3.63, 3.8) is 0 Å². The van der Waals surface area contributed by atoms with Crippen LogP contribution in [0, 0.1) is 0 Å². The summed E-state index contributed by atoms with van der Waals surface area (Å²) in [7, 11) is 1.61. The van der Waals surface area contributed by atoms with Gasteiger partial charge in [-0.1, -0.05) is 18.2 Å². The van der Waals surface area contributed by atoms with Crippen LogP contribution in [0.2, 0.25) is 0 Å². The molecule has 0 aliphatic heterocycles. The third-order valence-electron chi connectivity index (χ3n) is 2.62. The Balaban J connectivity index is 1.96. The first-order chi connectivity index (χ1) is 9.19. The molecule has 98 valence electrons. The summed E-state index contributed by atoms with van der Waals surface area (Å²) in [5.41, 5.74) is 6.83. The maximum absolute atomic E-state index is 11.8. The molecule has 0 fully saturated rings.